The Morgan fingerprint density at radius 2 is 1.79 bits per heavy atom. The third-order valence-electron chi connectivity index (χ3n) is 2.67. The van der Waals surface area contributed by atoms with E-state index in [4.69, 9.17) is 0 Å². The largest absolute Gasteiger partial charge is 0.350 e. The van der Waals surface area contributed by atoms with Crippen molar-refractivity contribution < 1.29 is 4.79 Å². The highest BCUT2D eigenvalue weighted by Crippen LogP contribution is 2.12. The summed E-state index contributed by atoms with van der Waals surface area (Å²) in [5.41, 5.74) is -0.0459. The Balaban J connectivity index is 3.92. The third-order valence-corrected chi connectivity index (χ3v) is 2.67. The van der Waals surface area contributed by atoms with Gasteiger partial charge in [0.25, 0.3) is 0 Å². The summed E-state index contributed by atoms with van der Waals surface area (Å²) < 4.78 is 0. The first-order chi connectivity index (χ1) is 6.43. The molecule has 0 heterocycles. The Hall–Kier alpha value is -0.570. The molecule has 84 valence electrons. The van der Waals surface area contributed by atoms with Gasteiger partial charge in [-0.15, -0.1) is 0 Å². The van der Waals surface area contributed by atoms with Crippen LogP contribution < -0.4 is 10.6 Å². The Bertz CT molecular complexity index is 174. The quantitative estimate of drug-likeness (QED) is 0.685. The molecule has 0 fully saturated rings. The van der Waals surface area contributed by atoms with Crippen LogP contribution in [0.3, 0.4) is 0 Å². The second kappa shape index (κ2) is 6.02. The SMILES string of the molecule is CCC(C)(CC)NC(=O)CNC(C)C. The Labute approximate surface area is 87.6 Å². The highest BCUT2D eigenvalue weighted by Gasteiger charge is 2.21. The number of rotatable bonds is 6. The van der Waals surface area contributed by atoms with Crippen LogP contribution in [-0.2, 0) is 4.79 Å². The van der Waals surface area contributed by atoms with Crippen molar-refractivity contribution in [3.8, 4) is 0 Å². The summed E-state index contributed by atoms with van der Waals surface area (Å²) in [7, 11) is 0. The van der Waals surface area contributed by atoms with E-state index in [2.05, 4.69) is 31.4 Å². The smallest absolute Gasteiger partial charge is 0.234 e. The minimum atomic E-state index is -0.0459. The summed E-state index contributed by atoms with van der Waals surface area (Å²) in [5, 5.41) is 6.15. The molecule has 0 atom stereocenters. The van der Waals surface area contributed by atoms with Gasteiger partial charge < -0.3 is 10.6 Å². The zero-order valence-electron chi connectivity index (χ0n) is 10.1. The van der Waals surface area contributed by atoms with Crippen molar-refractivity contribution >= 4 is 5.91 Å². The summed E-state index contributed by atoms with van der Waals surface area (Å²) in [5.74, 6) is 0.0879. The van der Waals surface area contributed by atoms with Crippen LogP contribution >= 0.6 is 0 Å². The zero-order chi connectivity index (χ0) is 11.2. The lowest BCUT2D eigenvalue weighted by Gasteiger charge is -2.28. The van der Waals surface area contributed by atoms with Crippen molar-refractivity contribution in [3.05, 3.63) is 0 Å². The lowest BCUT2D eigenvalue weighted by Crippen LogP contribution is -2.48. The predicted molar refractivity (Wildman–Crippen MR) is 60.3 cm³/mol. The second-order valence-corrected chi connectivity index (χ2v) is 4.35. The molecular formula is C11H24N2O. The van der Waals surface area contributed by atoms with E-state index in [-0.39, 0.29) is 11.4 Å². The summed E-state index contributed by atoms with van der Waals surface area (Å²) in [4.78, 5) is 11.5. The molecule has 0 aliphatic heterocycles. The van der Waals surface area contributed by atoms with Gasteiger partial charge in [-0.3, -0.25) is 4.79 Å². The molecule has 3 nitrogen and oxygen atoms in total. The lowest BCUT2D eigenvalue weighted by molar-refractivity contribution is -0.122. The van der Waals surface area contributed by atoms with Crippen LogP contribution in [0.25, 0.3) is 0 Å². The molecule has 0 unspecified atom stereocenters. The molecule has 3 heteroatoms. The van der Waals surface area contributed by atoms with Crippen LogP contribution in [0.4, 0.5) is 0 Å². The first-order valence-electron chi connectivity index (χ1n) is 5.48. The van der Waals surface area contributed by atoms with Gasteiger partial charge in [-0.1, -0.05) is 27.7 Å². The van der Waals surface area contributed by atoms with Gasteiger partial charge in [-0.05, 0) is 19.8 Å². The highest BCUT2D eigenvalue weighted by molar-refractivity contribution is 5.78. The average molecular weight is 200 g/mol. The molecule has 0 aliphatic carbocycles. The first kappa shape index (κ1) is 13.4. The molecule has 0 bridgehead atoms. The van der Waals surface area contributed by atoms with E-state index in [1.807, 2.05) is 13.8 Å². The minimum absolute atomic E-state index is 0.0459. The summed E-state index contributed by atoms with van der Waals surface area (Å²) in [6, 6.07) is 0.357. The van der Waals surface area contributed by atoms with Gasteiger partial charge in [0.05, 0.1) is 6.54 Å². The molecule has 0 saturated carbocycles. The van der Waals surface area contributed by atoms with Crippen molar-refractivity contribution in [1.29, 1.82) is 0 Å². The van der Waals surface area contributed by atoms with E-state index in [0.29, 0.717) is 12.6 Å². The molecule has 0 rings (SSSR count). The molecule has 0 aliphatic rings. The van der Waals surface area contributed by atoms with Crippen LogP contribution in [-0.4, -0.2) is 24.0 Å². The van der Waals surface area contributed by atoms with Crippen molar-refractivity contribution in [2.45, 2.75) is 59.0 Å². The number of carbonyl (C=O) groups excluding carboxylic acids is 1. The molecule has 0 saturated heterocycles. The molecular weight excluding hydrogens is 176 g/mol. The van der Waals surface area contributed by atoms with Crippen molar-refractivity contribution in [2.75, 3.05) is 6.54 Å². The van der Waals surface area contributed by atoms with E-state index < -0.39 is 0 Å². The fourth-order valence-corrected chi connectivity index (χ4v) is 1.10. The van der Waals surface area contributed by atoms with Crippen LogP contribution in [0, 0.1) is 0 Å². The zero-order valence-corrected chi connectivity index (χ0v) is 10.1. The molecule has 0 spiro atoms. The van der Waals surface area contributed by atoms with Gasteiger partial charge in [0, 0.05) is 11.6 Å². The van der Waals surface area contributed by atoms with Gasteiger partial charge in [0.1, 0.15) is 0 Å². The number of hydrogen-bond donors (Lipinski definition) is 2. The van der Waals surface area contributed by atoms with Gasteiger partial charge >= 0.3 is 0 Å². The van der Waals surface area contributed by atoms with E-state index in [0.717, 1.165) is 12.8 Å². The Morgan fingerprint density at radius 3 is 2.14 bits per heavy atom. The van der Waals surface area contributed by atoms with Gasteiger partial charge in [-0.25, -0.2) is 0 Å². The van der Waals surface area contributed by atoms with Crippen molar-refractivity contribution in [1.82, 2.24) is 10.6 Å². The molecule has 1 amide bonds. The van der Waals surface area contributed by atoms with Crippen LogP contribution in [0.2, 0.25) is 0 Å². The fourth-order valence-electron chi connectivity index (χ4n) is 1.10. The van der Waals surface area contributed by atoms with Crippen molar-refractivity contribution in [3.63, 3.8) is 0 Å². The second-order valence-electron chi connectivity index (χ2n) is 4.35. The maximum atomic E-state index is 11.5. The fraction of sp³-hybridized carbons (Fsp3) is 0.909. The normalized spacial score (nSPS) is 11.9. The Morgan fingerprint density at radius 1 is 1.29 bits per heavy atom. The maximum absolute atomic E-state index is 11.5. The molecule has 0 aromatic heterocycles. The van der Waals surface area contributed by atoms with Crippen LogP contribution in [0.1, 0.15) is 47.5 Å². The minimum Gasteiger partial charge on any atom is -0.350 e. The van der Waals surface area contributed by atoms with Crippen molar-refractivity contribution in [2.24, 2.45) is 0 Å². The standard InChI is InChI=1S/C11H24N2O/c1-6-11(5,7-2)13-10(14)8-12-9(3)4/h9,12H,6-8H2,1-5H3,(H,13,14). The summed E-state index contributed by atoms with van der Waals surface area (Å²) >= 11 is 0. The van der Waals surface area contributed by atoms with E-state index >= 15 is 0 Å². The first-order valence-corrected chi connectivity index (χ1v) is 5.48. The predicted octanol–water partition coefficient (Wildman–Crippen LogP) is 1.68. The molecule has 14 heavy (non-hydrogen) atoms. The monoisotopic (exact) mass is 200 g/mol. The third kappa shape index (κ3) is 5.22. The molecule has 0 aromatic carbocycles. The average Bonchev–Trinajstić information content (AvgIpc) is 2.14. The molecule has 0 radical (unpaired) electrons. The van der Waals surface area contributed by atoms with E-state index in [1.54, 1.807) is 0 Å². The van der Waals surface area contributed by atoms with E-state index in [1.165, 1.54) is 0 Å². The van der Waals surface area contributed by atoms with Crippen LogP contribution in [0.15, 0.2) is 0 Å². The Kier molecular flexibility index (Phi) is 5.77. The summed E-state index contributed by atoms with van der Waals surface area (Å²) in [6.45, 7) is 10.8. The summed E-state index contributed by atoms with van der Waals surface area (Å²) in [6.07, 6.45) is 1.94. The lowest BCUT2D eigenvalue weighted by atomic mass is 9.95. The topological polar surface area (TPSA) is 41.1 Å². The number of nitrogens with one attached hydrogen (secondary N) is 2. The van der Waals surface area contributed by atoms with Gasteiger partial charge in [0.2, 0.25) is 5.91 Å². The molecule has 2 N–H and O–H groups in total. The highest BCUT2D eigenvalue weighted by atomic mass is 16.2. The molecule has 0 aromatic rings. The van der Waals surface area contributed by atoms with E-state index in [9.17, 15) is 4.79 Å². The van der Waals surface area contributed by atoms with Gasteiger partial charge in [0.15, 0.2) is 0 Å². The van der Waals surface area contributed by atoms with Gasteiger partial charge in [-0.2, -0.15) is 0 Å². The number of amides is 1. The maximum Gasteiger partial charge on any atom is 0.234 e. The van der Waals surface area contributed by atoms with Crippen LogP contribution in [0.5, 0.6) is 0 Å². The number of hydrogen-bond acceptors (Lipinski definition) is 2. The number of carbonyl (C=O) groups is 1.